The number of nitrogens with zero attached hydrogens (tertiary/aromatic N) is 3. The quantitative estimate of drug-likeness (QED) is 0.691. The molecule has 0 spiro atoms. The maximum atomic E-state index is 12.7. The van der Waals surface area contributed by atoms with E-state index in [0.717, 1.165) is 11.4 Å². The number of benzene rings is 1. The summed E-state index contributed by atoms with van der Waals surface area (Å²) in [5.41, 5.74) is 2.45. The molecule has 5 heteroatoms. The van der Waals surface area contributed by atoms with E-state index in [4.69, 9.17) is 4.42 Å². The molecule has 2 aromatic heterocycles. The summed E-state index contributed by atoms with van der Waals surface area (Å²) in [6, 6.07) is 11.0. The monoisotopic (exact) mass is 291 g/mol. The highest BCUT2D eigenvalue weighted by Gasteiger charge is 2.27. The first-order valence-corrected chi connectivity index (χ1v) is 6.82. The van der Waals surface area contributed by atoms with E-state index in [-0.39, 0.29) is 11.6 Å². The predicted molar refractivity (Wildman–Crippen MR) is 80.4 cm³/mol. The zero-order valence-corrected chi connectivity index (χ0v) is 12.2. The Morgan fingerprint density at radius 1 is 1.23 bits per heavy atom. The zero-order chi connectivity index (χ0) is 15.7. The number of rotatable bonds is 3. The van der Waals surface area contributed by atoms with Crippen LogP contribution in [0.15, 0.2) is 41.0 Å². The zero-order valence-electron chi connectivity index (χ0n) is 12.2. The Bertz CT molecular complexity index is 885. The van der Waals surface area contributed by atoms with Crippen molar-refractivity contribution in [3.05, 3.63) is 59.4 Å². The van der Waals surface area contributed by atoms with Crippen molar-refractivity contribution in [1.29, 1.82) is 5.26 Å². The average molecular weight is 291 g/mol. The van der Waals surface area contributed by atoms with Crippen LogP contribution in [0.25, 0.3) is 11.0 Å². The second-order valence-electron chi connectivity index (χ2n) is 5.08. The number of carbonyl (C=O) groups excluding carboxylic acids is 1. The van der Waals surface area contributed by atoms with Gasteiger partial charge in [-0.05, 0) is 26.0 Å². The van der Waals surface area contributed by atoms with Crippen LogP contribution in [-0.2, 0) is 0 Å². The van der Waals surface area contributed by atoms with Crippen molar-refractivity contribution in [3.8, 4) is 6.07 Å². The summed E-state index contributed by atoms with van der Waals surface area (Å²) >= 11 is 0. The van der Waals surface area contributed by atoms with Crippen LogP contribution in [0.5, 0.6) is 0 Å². The predicted octanol–water partition coefficient (Wildman–Crippen LogP) is 3.33. The largest absolute Gasteiger partial charge is 0.464 e. The minimum Gasteiger partial charge on any atom is -0.464 e. The molecule has 3 aromatic rings. The first-order valence-electron chi connectivity index (χ1n) is 6.82. The average Bonchev–Trinajstić information content (AvgIpc) is 2.90. The van der Waals surface area contributed by atoms with Gasteiger partial charge in [0.15, 0.2) is 17.5 Å². The number of hydrogen-bond acceptors (Lipinski definition) is 5. The molecule has 3 rings (SSSR count). The van der Waals surface area contributed by atoms with Gasteiger partial charge in [-0.3, -0.25) is 4.79 Å². The number of hydrogen-bond donors (Lipinski definition) is 0. The molecule has 0 fully saturated rings. The summed E-state index contributed by atoms with van der Waals surface area (Å²) in [5.74, 6) is -1.16. The lowest BCUT2D eigenvalue weighted by Gasteiger charge is -2.07. The van der Waals surface area contributed by atoms with Crippen LogP contribution < -0.4 is 0 Å². The van der Waals surface area contributed by atoms with Crippen LogP contribution in [-0.4, -0.2) is 15.8 Å². The molecule has 0 radical (unpaired) electrons. The molecule has 108 valence electrons. The van der Waals surface area contributed by atoms with Crippen LogP contribution in [0, 0.1) is 25.2 Å². The van der Waals surface area contributed by atoms with E-state index in [2.05, 4.69) is 9.97 Å². The number of carbonyl (C=O) groups is 1. The Morgan fingerprint density at radius 2 is 1.91 bits per heavy atom. The molecule has 0 aliphatic rings. The van der Waals surface area contributed by atoms with Gasteiger partial charge in [0.25, 0.3) is 0 Å². The van der Waals surface area contributed by atoms with Gasteiger partial charge in [-0.25, -0.2) is 9.97 Å². The van der Waals surface area contributed by atoms with E-state index in [1.807, 2.05) is 32.0 Å². The molecule has 1 aromatic carbocycles. The Morgan fingerprint density at radius 3 is 2.59 bits per heavy atom. The molecular weight excluding hydrogens is 278 g/mol. The Balaban J connectivity index is 2.07. The number of aromatic nitrogens is 2. The highest BCUT2D eigenvalue weighted by Crippen LogP contribution is 2.26. The molecule has 22 heavy (non-hydrogen) atoms. The number of para-hydroxylation sites is 1. The topological polar surface area (TPSA) is 79.8 Å². The van der Waals surface area contributed by atoms with Crippen molar-refractivity contribution in [1.82, 2.24) is 9.97 Å². The van der Waals surface area contributed by atoms with E-state index >= 15 is 0 Å². The van der Waals surface area contributed by atoms with Gasteiger partial charge < -0.3 is 4.42 Å². The minimum atomic E-state index is -1.04. The minimum absolute atomic E-state index is 0.232. The number of fused-ring (bicyclic) bond motifs is 1. The molecule has 2 heterocycles. The first-order chi connectivity index (χ1) is 10.6. The molecule has 0 bridgehead atoms. The maximum absolute atomic E-state index is 12.7. The molecular formula is C17H13N3O2. The molecule has 5 nitrogen and oxygen atoms in total. The third-order valence-corrected chi connectivity index (χ3v) is 3.40. The summed E-state index contributed by atoms with van der Waals surface area (Å²) in [6.07, 6.45) is 1.39. The van der Waals surface area contributed by atoms with Crippen molar-refractivity contribution in [2.45, 2.75) is 19.8 Å². The SMILES string of the molecule is Cc1cc(C)nc([C@H](C#N)C(=O)c2coc3ccccc23)n1. The summed E-state index contributed by atoms with van der Waals surface area (Å²) in [4.78, 5) is 21.2. The van der Waals surface area contributed by atoms with Gasteiger partial charge in [-0.2, -0.15) is 5.26 Å². The van der Waals surface area contributed by atoms with Gasteiger partial charge in [-0.15, -0.1) is 0 Å². The first kappa shape index (κ1) is 14.0. The van der Waals surface area contributed by atoms with E-state index in [9.17, 15) is 10.1 Å². The summed E-state index contributed by atoms with van der Waals surface area (Å²) in [6.45, 7) is 3.62. The van der Waals surface area contributed by atoms with Gasteiger partial charge in [0.1, 0.15) is 11.8 Å². The summed E-state index contributed by atoms with van der Waals surface area (Å²) < 4.78 is 5.38. The standard InChI is InChI=1S/C17H13N3O2/c1-10-7-11(2)20-17(19-10)13(8-18)16(21)14-9-22-15-6-4-3-5-12(14)15/h3-7,9,13H,1-2H3/t13-/m1/s1. The van der Waals surface area contributed by atoms with Crippen molar-refractivity contribution < 1.29 is 9.21 Å². The fraction of sp³-hybridized carbons (Fsp3) is 0.176. The molecule has 0 aliphatic carbocycles. The molecule has 0 aliphatic heterocycles. The van der Waals surface area contributed by atoms with Gasteiger partial charge in [-0.1, -0.05) is 18.2 Å². The van der Waals surface area contributed by atoms with Crippen LogP contribution in [0.2, 0.25) is 0 Å². The van der Waals surface area contributed by atoms with Gasteiger partial charge in [0.2, 0.25) is 0 Å². The van der Waals surface area contributed by atoms with E-state index in [0.29, 0.717) is 16.5 Å². The van der Waals surface area contributed by atoms with Crippen LogP contribution in [0.1, 0.15) is 33.5 Å². The number of nitriles is 1. The molecule has 0 unspecified atom stereocenters. The number of aryl methyl sites for hydroxylation is 2. The second kappa shape index (κ2) is 5.41. The Kier molecular flexibility index (Phi) is 3.43. The maximum Gasteiger partial charge on any atom is 0.191 e. The van der Waals surface area contributed by atoms with Crippen molar-refractivity contribution in [2.24, 2.45) is 0 Å². The smallest absolute Gasteiger partial charge is 0.191 e. The molecule has 0 saturated carbocycles. The lowest BCUT2D eigenvalue weighted by atomic mass is 9.97. The lowest BCUT2D eigenvalue weighted by Crippen LogP contribution is -2.15. The summed E-state index contributed by atoms with van der Waals surface area (Å²) in [5, 5.41) is 10.1. The highest BCUT2D eigenvalue weighted by molar-refractivity contribution is 6.10. The Hall–Kier alpha value is -3.00. The molecule has 0 saturated heterocycles. The third kappa shape index (κ3) is 2.35. The van der Waals surface area contributed by atoms with Gasteiger partial charge >= 0.3 is 0 Å². The van der Waals surface area contributed by atoms with Crippen LogP contribution in [0.4, 0.5) is 0 Å². The van der Waals surface area contributed by atoms with E-state index < -0.39 is 5.92 Å². The lowest BCUT2D eigenvalue weighted by molar-refractivity contribution is 0.0977. The third-order valence-electron chi connectivity index (χ3n) is 3.40. The molecule has 1 atom stereocenters. The fourth-order valence-electron chi connectivity index (χ4n) is 2.44. The number of Topliss-reactive ketones (excluding diaryl/α,β-unsaturated/α-hetero) is 1. The highest BCUT2D eigenvalue weighted by atomic mass is 16.3. The fourth-order valence-corrected chi connectivity index (χ4v) is 2.44. The van der Waals surface area contributed by atoms with Gasteiger partial charge in [0.05, 0.1) is 11.6 Å². The summed E-state index contributed by atoms with van der Waals surface area (Å²) in [7, 11) is 0. The molecule has 0 N–H and O–H groups in total. The van der Waals surface area contributed by atoms with Gasteiger partial charge in [0, 0.05) is 16.8 Å². The normalized spacial score (nSPS) is 12.0. The van der Waals surface area contributed by atoms with E-state index in [1.165, 1.54) is 6.26 Å². The number of ketones is 1. The van der Waals surface area contributed by atoms with E-state index in [1.54, 1.807) is 18.2 Å². The molecule has 0 amide bonds. The number of furan rings is 1. The van der Waals surface area contributed by atoms with Crippen LogP contribution >= 0.6 is 0 Å². The van der Waals surface area contributed by atoms with Crippen molar-refractivity contribution in [3.63, 3.8) is 0 Å². The Labute approximate surface area is 127 Å². The second-order valence-corrected chi connectivity index (χ2v) is 5.08. The van der Waals surface area contributed by atoms with Crippen LogP contribution in [0.3, 0.4) is 0 Å². The van der Waals surface area contributed by atoms with Crippen molar-refractivity contribution in [2.75, 3.05) is 0 Å². The van der Waals surface area contributed by atoms with Crippen molar-refractivity contribution >= 4 is 16.8 Å².